The summed E-state index contributed by atoms with van der Waals surface area (Å²) in [5, 5.41) is 15.0. The summed E-state index contributed by atoms with van der Waals surface area (Å²) >= 11 is 0. The molecule has 0 unspecified atom stereocenters. The van der Waals surface area contributed by atoms with Crippen LogP contribution < -0.4 is 14.9 Å². The van der Waals surface area contributed by atoms with E-state index in [1.807, 2.05) is 0 Å². The number of aromatic nitrogens is 1. The molecule has 2 aromatic carbocycles. The van der Waals surface area contributed by atoms with Crippen LogP contribution in [0.25, 0.3) is 5.69 Å². The molecule has 0 aliphatic rings. The molecule has 0 aliphatic heterocycles. The van der Waals surface area contributed by atoms with Crippen LogP contribution in [0.4, 0.5) is 5.69 Å². The first kappa shape index (κ1) is 19.6. The molecule has 1 heterocycles. The SMILES string of the molecule is COc1cc(OC)cc(C(=O)N/N=C\c2cccn2-c2cccc([N+](=O)[O-])c2)c1. The zero-order valence-electron chi connectivity index (χ0n) is 15.7. The minimum absolute atomic E-state index is 0.0145. The van der Waals surface area contributed by atoms with E-state index >= 15 is 0 Å². The lowest BCUT2D eigenvalue weighted by Gasteiger charge is -2.08. The molecule has 0 saturated heterocycles. The number of nitro groups is 1. The Balaban J connectivity index is 1.77. The molecule has 0 fully saturated rings. The number of hydrazone groups is 1. The van der Waals surface area contributed by atoms with E-state index in [0.29, 0.717) is 28.4 Å². The van der Waals surface area contributed by atoms with Crippen molar-refractivity contribution in [2.75, 3.05) is 14.2 Å². The standard InChI is InChI=1S/C20H18N4O5/c1-28-18-9-14(10-19(12-18)29-2)20(25)22-21-13-17-7-4-8-23(17)15-5-3-6-16(11-15)24(26)27/h3-13H,1-2H3,(H,22,25)/b21-13-. The van der Waals surface area contributed by atoms with Gasteiger partial charge in [0.1, 0.15) is 11.5 Å². The van der Waals surface area contributed by atoms with Gasteiger partial charge in [-0.05, 0) is 30.3 Å². The van der Waals surface area contributed by atoms with Gasteiger partial charge in [-0.1, -0.05) is 6.07 Å². The van der Waals surface area contributed by atoms with Crippen LogP contribution in [-0.2, 0) is 0 Å². The normalized spacial score (nSPS) is 10.7. The Bertz CT molecular complexity index is 1050. The summed E-state index contributed by atoms with van der Waals surface area (Å²) in [6.45, 7) is 0. The number of hydrogen-bond donors (Lipinski definition) is 1. The van der Waals surface area contributed by atoms with Crippen molar-refractivity contribution in [2.45, 2.75) is 0 Å². The van der Waals surface area contributed by atoms with Crippen LogP contribution in [0.2, 0.25) is 0 Å². The molecule has 3 rings (SSSR count). The van der Waals surface area contributed by atoms with Gasteiger partial charge in [-0.3, -0.25) is 14.9 Å². The molecule has 9 heteroatoms. The summed E-state index contributed by atoms with van der Waals surface area (Å²) in [6, 6.07) is 14.6. The van der Waals surface area contributed by atoms with Crippen LogP contribution in [0.5, 0.6) is 11.5 Å². The molecular weight excluding hydrogens is 376 g/mol. The van der Waals surface area contributed by atoms with Crippen LogP contribution >= 0.6 is 0 Å². The molecular formula is C20H18N4O5. The zero-order valence-corrected chi connectivity index (χ0v) is 15.7. The number of carbonyl (C=O) groups is 1. The number of amides is 1. The van der Waals surface area contributed by atoms with Gasteiger partial charge < -0.3 is 14.0 Å². The Morgan fingerprint density at radius 1 is 1.10 bits per heavy atom. The number of carbonyl (C=O) groups excluding carboxylic acids is 1. The van der Waals surface area contributed by atoms with Gasteiger partial charge in [-0.2, -0.15) is 5.10 Å². The van der Waals surface area contributed by atoms with Crippen molar-refractivity contribution in [1.82, 2.24) is 9.99 Å². The van der Waals surface area contributed by atoms with Crippen molar-refractivity contribution in [1.29, 1.82) is 0 Å². The van der Waals surface area contributed by atoms with Gasteiger partial charge in [0, 0.05) is 30.0 Å². The summed E-state index contributed by atoms with van der Waals surface area (Å²) in [7, 11) is 2.99. The third kappa shape index (κ3) is 4.59. The summed E-state index contributed by atoms with van der Waals surface area (Å²) in [6.07, 6.45) is 3.20. The van der Waals surface area contributed by atoms with Crippen molar-refractivity contribution in [2.24, 2.45) is 5.10 Å². The molecule has 1 amide bonds. The summed E-state index contributed by atoms with van der Waals surface area (Å²) in [5.74, 6) is 0.531. The van der Waals surface area contributed by atoms with Gasteiger partial charge >= 0.3 is 0 Å². The minimum atomic E-state index is -0.455. The van der Waals surface area contributed by atoms with E-state index in [9.17, 15) is 14.9 Å². The third-order valence-corrected chi connectivity index (χ3v) is 4.08. The number of methoxy groups -OCH3 is 2. The fourth-order valence-corrected chi connectivity index (χ4v) is 2.65. The minimum Gasteiger partial charge on any atom is -0.497 e. The Labute approximate surface area is 166 Å². The van der Waals surface area contributed by atoms with E-state index in [-0.39, 0.29) is 5.69 Å². The highest BCUT2D eigenvalue weighted by Gasteiger charge is 2.10. The molecule has 1 N–H and O–H groups in total. The Kier molecular flexibility index (Phi) is 5.88. The van der Waals surface area contributed by atoms with Crippen LogP contribution in [0.3, 0.4) is 0 Å². The van der Waals surface area contributed by atoms with Crippen LogP contribution in [-0.4, -0.2) is 35.8 Å². The Morgan fingerprint density at radius 2 is 1.83 bits per heavy atom. The van der Waals surface area contributed by atoms with E-state index in [2.05, 4.69) is 10.5 Å². The molecule has 3 aromatic rings. The van der Waals surface area contributed by atoms with Crippen molar-refractivity contribution in [3.8, 4) is 17.2 Å². The quantitative estimate of drug-likeness (QED) is 0.376. The topological polar surface area (TPSA) is 108 Å². The lowest BCUT2D eigenvalue weighted by molar-refractivity contribution is -0.384. The van der Waals surface area contributed by atoms with Gasteiger partial charge in [0.2, 0.25) is 0 Å². The van der Waals surface area contributed by atoms with Gasteiger partial charge in [0.05, 0.1) is 36.7 Å². The molecule has 0 bridgehead atoms. The Morgan fingerprint density at radius 3 is 2.48 bits per heavy atom. The first-order valence-electron chi connectivity index (χ1n) is 8.50. The van der Waals surface area contributed by atoms with Crippen molar-refractivity contribution < 1.29 is 19.2 Å². The van der Waals surface area contributed by atoms with E-state index in [4.69, 9.17) is 9.47 Å². The molecule has 0 atom stereocenters. The van der Waals surface area contributed by atoms with E-state index in [0.717, 1.165) is 0 Å². The van der Waals surface area contributed by atoms with Gasteiger partial charge in [-0.15, -0.1) is 0 Å². The smallest absolute Gasteiger partial charge is 0.271 e. The maximum atomic E-state index is 12.4. The molecule has 0 spiro atoms. The largest absolute Gasteiger partial charge is 0.497 e. The Hall–Kier alpha value is -4.14. The summed E-state index contributed by atoms with van der Waals surface area (Å²) in [4.78, 5) is 22.9. The van der Waals surface area contributed by atoms with Crippen LogP contribution in [0, 0.1) is 10.1 Å². The van der Waals surface area contributed by atoms with E-state index < -0.39 is 10.8 Å². The fourth-order valence-electron chi connectivity index (χ4n) is 2.65. The van der Waals surface area contributed by atoms with Crippen molar-refractivity contribution in [3.05, 3.63) is 82.2 Å². The highest BCUT2D eigenvalue weighted by Crippen LogP contribution is 2.22. The van der Waals surface area contributed by atoms with Crippen molar-refractivity contribution >= 4 is 17.8 Å². The molecule has 0 radical (unpaired) electrons. The highest BCUT2D eigenvalue weighted by atomic mass is 16.6. The van der Waals surface area contributed by atoms with Crippen LogP contribution in [0.1, 0.15) is 16.1 Å². The number of nitrogens with zero attached hydrogens (tertiary/aromatic N) is 3. The average molecular weight is 394 g/mol. The maximum Gasteiger partial charge on any atom is 0.271 e. The zero-order chi connectivity index (χ0) is 20.8. The monoisotopic (exact) mass is 394 g/mol. The number of nitro benzene ring substituents is 1. The molecule has 0 aliphatic carbocycles. The summed E-state index contributed by atoms with van der Waals surface area (Å²) < 4.78 is 12.0. The number of hydrogen-bond acceptors (Lipinski definition) is 6. The van der Waals surface area contributed by atoms with Crippen LogP contribution in [0.15, 0.2) is 65.9 Å². The maximum absolute atomic E-state index is 12.4. The number of benzene rings is 2. The molecule has 0 saturated carbocycles. The second kappa shape index (κ2) is 8.70. The van der Waals surface area contributed by atoms with Gasteiger partial charge in [-0.25, -0.2) is 5.43 Å². The number of non-ortho nitro benzene ring substituents is 1. The average Bonchev–Trinajstić information content (AvgIpc) is 3.21. The lowest BCUT2D eigenvalue weighted by atomic mass is 10.2. The first-order chi connectivity index (χ1) is 14.0. The van der Waals surface area contributed by atoms with Crippen molar-refractivity contribution in [3.63, 3.8) is 0 Å². The van der Waals surface area contributed by atoms with Gasteiger partial charge in [0.25, 0.3) is 11.6 Å². The first-order valence-corrected chi connectivity index (χ1v) is 8.50. The molecule has 9 nitrogen and oxygen atoms in total. The third-order valence-electron chi connectivity index (χ3n) is 4.08. The molecule has 148 valence electrons. The highest BCUT2D eigenvalue weighted by molar-refractivity contribution is 5.95. The van der Waals surface area contributed by atoms with E-state index in [1.165, 1.54) is 32.6 Å². The number of ether oxygens (including phenoxy) is 2. The fraction of sp³-hybridized carbons (Fsp3) is 0.100. The second-order valence-corrected chi connectivity index (χ2v) is 5.88. The lowest BCUT2D eigenvalue weighted by Crippen LogP contribution is -2.18. The van der Waals surface area contributed by atoms with E-state index in [1.54, 1.807) is 53.2 Å². The van der Waals surface area contributed by atoms with Gasteiger partial charge in [0.15, 0.2) is 0 Å². The molecule has 1 aromatic heterocycles. The predicted octanol–water partition coefficient (Wildman–Crippen LogP) is 3.17. The molecule has 29 heavy (non-hydrogen) atoms. The summed E-state index contributed by atoms with van der Waals surface area (Å²) in [5.41, 5.74) is 4.00. The number of nitrogens with one attached hydrogen (secondary N) is 1. The second-order valence-electron chi connectivity index (χ2n) is 5.88. The predicted molar refractivity (Wildman–Crippen MR) is 107 cm³/mol. The number of rotatable bonds is 7.